The molecule has 0 atom stereocenters. The van der Waals surface area contributed by atoms with Crippen molar-refractivity contribution < 1.29 is 13.3 Å². The standard InChI is InChI=1S/C14H10N2O5S2/c17-14-13-11(22-15-14)6-10(16(18)19)7-12(13)23(20,21)8-9-4-2-1-3-5-9/h1-7H,8H2,(H,15,17). The van der Waals surface area contributed by atoms with E-state index in [1.165, 1.54) is 6.07 Å². The van der Waals surface area contributed by atoms with Crippen molar-refractivity contribution >= 4 is 37.1 Å². The molecule has 0 amide bonds. The van der Waals surface area contributed by atoms with Crippen LogP contribution in [0.4, 0.5) is 5.69 Å². The number of fused-ring (bicyclic) bond motifs is 1. The maximum absolute atomic E-state index is 12.7. The van der Waals surface area contributed by atoms with Crippen molar-refractivity contribution in [1.29, 1.82) is 0 Å². The van der Waals surface area contributed by atoms with Gasteiger partial charge in [0.25, 0.3) is 11.2 Å². The molecule has 3 aromatic rings. The van der Waals surface area contributed by atoms with Crippen molar-refractivity contribution in [3.63, 3.8) is 0 Å². The van der Waals surface area contributed by atoms with Crippen LogP contribution in [0.1, 0.15) is 5.56 Å². The number of aromatic amines is 1. The van der Waals surface area contributed by atoms with Crippen LogP contribution in [0.15, 0.2) is 52.2 Å². The first kappa shape index (κ1) is 15.4. The number of nitro benzene ring substituents is 1. The van der Waals surface area contributed by atoms with Crippen LogP contribution in [0.3, 0.4) is 0 Å². The third kappa shape index (κ3) is 2.88. The van der Waals surface area contributed by atoms with Gasteiger partial charge >= 0.3 is 0 Å². The lowest BCUT2D eigenvalue weighted by molar-refractivity contribution is -0.384. The number of nitro groups is 1. The fraction of sp³-hybridized carbons (Fsp3) is 0.0714. The van der Waals surface area contributed by atoms with Gasteiger partial charge in [-0.25, -0.2) is 8.42 Å². The Morgan fingerprint density at radius 2 is 1.87 bits per heavy atom. The van der Waals surface area contributed by atoms with Crippen molar-refractivity contribution in [2.24, 2.45) is 0 Å². The van der Waals surface area contributed by atoms with E-state index >= 15 is 0 Å². The summed E-state index contributed by atoms with van der Waals surface area (Å²) < 4.78 is 28.0. The lowest BCUT2D eigenvalue weighted by Gasteiger charge is -2.06. The van der Waals surface area contributed by atoms with Gasteiger partial charge in [0.05, 0.1) is 25.7 Å². The van der Waals surface area contributed by atoms with Crippen molar-refractivity contribution in [1.82, 2.24) is 4.37 Å². The van der Waals surface area contributed by atoms with Gasteiger partial charge in [-0.05, 0) is 5.56 Å². The van der Waals surface area contributed by atoms with Crippen LogP contribution < -0.4 is 5.56 Å². The Morgan fingerprint density at radius 1 is 1.17 bits per heavy atom. The molecule has 0 saturated heterocycles. The van der Waals surface area contributed by atoms with Gasteiger partial charge in [-0.2, -0.15) is 0 Å². The van der Waals surface area contributed by atoms with Gasteiger partial charge in [0.15, 0.2) is 9.84 Å². The average molecular weight is 350 g/mol. The lowest BCUT2D eigenvalue weighted by Crippen LogP contribution is -2.10. The molecule has 2 aromatic carbocycles. The third-order valence-electron chi connectivity index (χ3n) is 3.28. The van der Waals surface area contributed by atoms with Crippen LogP contribution >= 0.6 is 11.5 Å². The molecule has 0 spiro atoms. The zero-order valence-electron chi connectivity index (χ0n) is 11.6. The molecule has 0 unspecified atom stereocenters. The fourth-order valence-corrected chi connectivity index (χ4v) is 4.71. The van der Waals surface area contributed by atoms with E-state index < -0.39 is 20.3 Å². The van der Waals surface area contributed by atoms with Gasteiger partial charge in [-0.3, -0.25) is 19.3 Å². The maximum Gasteiger partial charge on any atom is 0.272 e. The molecule has 0 bridgehead atoms. The topological polar surface area (TPSA) is 110 Å². The van der Waals surface area contributed by atoms with E-state index in [1.807, 2.05) is 0 Å². The molecule has 1 N–H and O–H groups in total. The molecular weight excluding hydrogens is 340 g/mol. The number of hydrogen-bond donors (Lipinski definition) is 1. The van der Waals surface area contributed by atoms with Crippen LogP contribution in [-0.2, 0) is 15.6 Å². The molecule has 0 aliphatic heterocycles. The Bertz CT molecular complexity index is 1050. The predicted octanol–water partition coefficient (Wildman–Crippen LogP) is 2.47. The number of rotatable bonds is 4. The summed E-state index contributed by atoms with van der Waals surface area (Å²) in [5.41, 5.74) is -0.385. The van der Waals surface area contributed by atoms with E-state index in [1.54, 1.807) is 30.3 Å². The summed E-state index contributed by atoms with van der Waals surface area (Å²) in [5.74, 6) is -0.334. The largest absolute Gasteiger partial charge is 0.277 e. The van der Waals surface area contributed by atoms with Gasteiger partial charge in [-0.15, -0.1) is 0 Å². The predicted molar refractivity (Wildman–Crippen MR) is 86.4 cm³/mol. The highest BCUT2D eigenvalue weighted by Crippen LogP contribution is 2.30. The Labute approximate surface area is 134 Å². The molecule has 0 fully saturated rings. The summed E-state index contributed by atoms with van der Waals surface area (Å²) in [4.78, 5) is 21.9. The highest BCUT2D eigenvalue weighted by atomic mass is 32.2. The van der Waals surface area contributed by atoms with Gasteiger partial charge in [0.1, 0.15) is 0 Å². The maximum atomic E-state index is 12.7. The fourth-order valence-electron chi connectivity index (χ4n) is 2.25. The molecule has 9 heteroatoms. The van der Waals surface area contributed by atoms with Crippen LogP contribution in [0.2, 0.25) is 0 Å². The number of hydrogen-bond acceptors (Lipinski definition) is 6. The summed E-state index contributed by atoms with van der Waals surface area (Å²) in [7, 11) is -3.91. The Hall–Kier alpha value is -2.52. The third-order valence-corrected chi connectivity index (χ3v) is 5.81. The number of benzene rings is 2. The second-order valence-electron chi connectivity index (χ2n) is 4.85. The van der Waals surface area contributed by atoms with Gasteiger partial charge in [0.2, 0.25) is 0 Å². The zero-order valence-corrected chi connectivity index (χ0v) is 13.2. The summed E-state index contributed by atoms with van der Waals surface area (Å²) in [6.07, 6.45) is 0. The summed E-state index contributed by atoms with van der Waals surface area (Å²) in [6, 6.07) is 10.6. The van der Waals surface area contributed by atoms with E-state index in [2.05, 4.69) is 4.37 Å². The van der Waals surface area contributed by atoms with Crippen molar-refractivity contribution in [2.45, 2.75) is 10.6 Å². The van der Waals surface area contributed by atoms with Crippen molar-refractivity contribution in [2.75, 3.05) is 0 Å². The van der Waals surface area contributed by atoms with Gasteiger partial charge in [0, 0.05) is 12.1 Å². The van der Waals surface area contributed by atoms with E-state index in [9.17, 15) is 23.3 Å². The zero-order chi connectivity index (χ0) is 16.6. The quantitative estimate of drug-likeness (QED) is 0.574. The first-order chi connectivity index (χ1) is 10.9. The van der Waals surface area contributed by atoms with Crippen LogP contribution in [0.25, 0.3) is 10.1 Å². The lowest BCUT2D eigenvalue weighted by atomic mass is 10.2. The molecule has 0 aliphatic rings. The minimum absolute atomic E-state index is 0.0310. The molecular formula is C14H10N2O5S2. The van der Waals surface area contributed by atoms with E-state index in [-0.39, 0.29) is 26.4 Å². The number of H-pyrrole nitrogens is 1. The van der Waals surface area contributed by atoms with Crippen molar-refractivity contribution in [3.8, 4) is 0 Å². The molecule has 118 valence electrons. The number of nitrogens with zero attached hydrogens (tertiary/aromatic N) is 1. The normalized spacial score (nSPS) is 11.7. The molecule has 0 radical (unpaired) electrons. The number of nitrogens with one attached hydrogen (secondary N) is 1. The summed E-state index contributed by atoms with van der Waals surface area (Å²) >= 11 is 0.876. The monoisotopic (exact) mass is 350 g/mol. The smallest absolute Gasteiger partial charge is 0.272 e. The molecule has 1 aromatic heterocycles. The molecule has 0 aliphatic carbocycles. The Morgan fingerprint density at radius 3 is 2.52 bits per heavy atom. The summed E-state index contributed by atoms with van der Waals surface area (Å²) in [5, 5.41) is 11.0. The summed E-state index contributed by atoms with van der Waals surface area (Å²) in [6.45, 7) is 0. The van der Waals surface area contributed by atoms with Crippen LogP contribution in [0.5, 0.6) is 0 Å². The van der Waals surface area contributed by atoms with Gasteiger partial charge < -0.3 is 0 Å². The highest BCUT2D eigenvalue weighted by Gasteiger charge is 2.25. The van der Waals surface area contributed by atoms with E-state index in [0.717, 1.165) is 17.6 Å². The Kier molecular flexibility index (Phi) is 3.74. The Balaban J connectivity index is 2.23. The SMILES string of the molecule is O=c1[nH]sc2cc([N+](=O)[O-])cc(S(=O)(=O)Cc3ccccc3)c12. The molecule has 0 saturated carbocycles. The molecule has 23 heavy (non-hydrogen) atoms. The van der Waals surface area contributed by atoms with E-state index in [0.29, 0.717) is 5.56 Å². The minimum Gasteiger partial charge on any atom is -0.277 e. The average Bonchev–Trinajstić information content (AvgIpc) is 2.88. The van der Waals surface area contributed by atoms with E-state index in [4.69, 9.17) is 0 Å². The number of non-ortho nitro benzene ring substituents is 1. The first-order valence-electron chi connectivity index (χ1n) is 6.45. The first-order valence-corrected chi connectivity index (χ1v) is 8.91. The second-order valence-corrected chi connectivity index (χ2v) is 7.66. The highest BCUT2D eigenvalue weighted by molar-refractivity contribution is 7.91. The molecule has 7 nitrogen and oxygen atoms in total. The minimum atomic E-state index is -3.91. The van der Waals surface area contributed by atoms with Crippen LogP contribution in [0, 0.1) is 10.1 Å². The molecule has 1 heterocycles. The number of aromatic nitrogens is 1. The van der Waals surface area contributed by atoms with Crippen molar-refractivity contribution in [3.05, 3.63) is 68.5 Å². The van der Waals surface area contributed by atoms with Crippen LogP contribution in [-0.4, -0.2) is 17.7 Å². The second kappa shape index (κ2) is 5.60. The number of sulfone groups is 1. The molecule has 3 rings (SSSR count). The van der Waals surface area contributed by atoms with Gasteiger partial charge in [-0.1, -0.05) is 41.9 Å².